The number of esters is 1. The standard InChI is InChI=1S/C16H19NO5S/c1-2-22-15(18)10-14-13(4-3-9-23-14)16(19)11-5-7-12(8-6-11)17(20)21/h5-8,13-14H,2-4,9-10H2,1H3/t13-,14+/m0/s1. The molecule has 1 aliphatic rings. The van der Waals surface area contributed by atoms with Crippen LogP contribution in [0.3, 0.4) is 0 Å². The van der Waals surface area contributed by atoms with E-state index in [0.717, 1.165) is 18.6 Å². The van der Waals surface area contributed by atoms with Gasteiger partial charge in [-0.3, -0.25) is 19.7 Å². The van der Waals surface area contributed by atoms with Gasteiger partial charge in [-0.25, -0.2) is 0 Å². The molecule has 1 aliphatic heterocycles. The molecular formula is C16H19NO5S. The summed E-state index contributed by atoms with van der Waals surface area (Å²) in [5, 5.41) is 10.6. The summed E-state index contributed by atoms with van der Waals surface area (Å²) >= 11 is 1.63. The van der Waals surface area contributed by atoms with Crippen molar-refractivity contribution in [2.24, 2.45) is 5.92 Å². The number of benzene rings is 1. The normalized spacial score (nSPS) is 20.7. The predicted molar refractivity (Wildman–Crippen MR) is 87.6 cm³/mol. The highest BCUT2D eigenvalue weighted by molar-refractivity contribution is 8.00. The monoisotopic (exact) mass is 337 g/mol. The average molecular weight is 337 g/mol. The van der Waals surface area contributed by atoms with Crippen molar-refractivity contribution in [3.8, 4) is 0 Å². The number of hydrogen-bond acceptors (Lipinski definition) is 6. The molecule has 6 nitrogen and oxygen atoms in total. The Bertz CT molecular complexity index is 587. The molecule has 1 aromatic rings. The molecule has 0 N–H and O–H groups in total. The molecule has 0 aliphatic carbocycles. The molecule has 0 aromatic heterocycles. The molecule has 7 heteroatoms. The third-order valence-corrected chi connectivity index (χ3v) is 5.26. The van der Waals surface area contributed by atoms with Gasteiger partial charge in [-0.15, -0.1) is 0 Å². The smallest absolute Gasteiger partial charge is 0.306 e. The van der Waals surface area contributed by atoms with Crippen molar-refractivity contribution < 1.29 is 19.2 Å². The summed E-state index contributed by atoms with van der Waals surface area (Å²) in [6.07, 6.45) is 1.88. The van der Waals surface area contributed by atoms with E-state index in [4.69, 9.17) is 4.74 Å². The molecule has 1 aromatic carbocycles. The third-order valence-electron chi connectivity index (χ3n) is 3.81. The molecule has 23 heavy (non-hydrogen) atoms. The molecule has 0 bridgehead atoms. The van der Waals surface area contributed by atoms with Gasteiger partial charge in [0.25, 0.3) is 5.69 Å². The Morgan fingerprint density at radius 3 is 2.65 bits per heavy atom. The van der Waals surface area contributed by atoms with Crippen molar-refractivity contribution in [1.82, 2.24) is 0 Å². The maximum Gasteiger partial charge on any atom is 0.306 e. The summed E-state index contributed by atoms with van der Waals surface area (Å²) in [6.45, 7) is 2.09. The van der Waals surface area contributed by atoms with Crippen molar-refractivity contribution in [1.29, 1.82) is 0 Å². The minimum Gasteiger partial charge on any atom is -0.466 e. The highest BCUT2D eigenvalue weighted by Gasteiger charge is 2.33. The number of carbonyl (C=O) groups is 2. The van der Waals surface area contributed by atoms with Crippen LogP contribution in [0.2, 0.25) is 0 Å². The quantitative estimate of drug-likeness (QED) is 0.343. The van der Waals surface area contributed by atoms with E-state index >= 15 is 0 Å². The Morgan fingerprint density at radius 2 is 2.04 bits per heavy atom. The molecule has 2 rings (SSSR count). The lowest BCUT2D eigenvalue weighted by Crippen LogP contribution is -2.32. The van der Waals surface area contributed by atoms with E-state index in [1.54, 1.807) is 18.7 Å². The molecule has 124 valence electrons. The summed E-state index contributed by atoms with van der Waals surface area (Å²) in [7, 11) is 0. The molecule has 0 unspecified atom stereocenters. The van der Waals surface area contributed by atoms with E-state index in [-0.39, 0.29) is 35.0 Å². The van der Waals surface area contributed by atoms with Gasteiger partial charge in [-0.05, 0) is 37.7 Å². The van der Waals surface area contributed by atoms with Crippen LogP contribution in [-0.2, 0) is 9.53 Å². The van der Waals surface area contributed by atoms with Crippen LogP contribution in [0.15, 0.2) is 24.3 Å². The molecular weight excluding hydrogens is 318 g/mol. The van der Waals surface area contributed by atoms with E-state index in [9.17, 15) is 19.7 Å². The number of ketones is 1. The van der Waals surface area contributed by atoms with Gasteiger partial charge in [-0.2, -0.15) is 11.8 Å². The zero-order valence-corrected chi connectivity index (χ0v) is 13.7. The Kier molecular flexibility index (Phi) is 6.15. The maximum absolute atomic E-state index is 12.7. The zero-order chi connectivity index (χ0) is 16.8. The second kappa shape index (κ2) is 8.10. The lowest BCUT2D eigenvalue weighted by Gasteiger charge is -2.29. The lowest BCUT2D eigenvalue weighted by molar-refractivity contribution is -0.384. The van der Waals surface area contributed by atoms with Gasteiger partial charge in [0.05, 0.1) is 18.0 Å². The number of carbonyl (C=O) groups excluding carboxylic acids is 2. The fourth-order valence-corrected chi connectivity index (χ4v) is 4.07. The highest BCUT2D eigenvalue weighted by Crippen LogP contribution is 2.35. The Balaban J connectivity index is 2.11. The summed E-state index contributed by atoms with van der Waals surface area (Å²) < 4.78 is 4.98. The van der Waals surface area contributed by atoms with Crippen molar-refractivity contribution in [3.63, 3.8) is 0 Å². The van der Waals surface area contributed by atoms with Gasteiger partial charge in [0.2, 0.25) is 0 Å². The third kappa shape index (κ3) is 4.54. The van der Waals surface area contributed by atoms with Gasteiger partial charge in [0.15, 0.2) is 5.78 Å². The Hall–Kier alpha value is -1.89. The zero-order valence-electron chi connectivity index (χ0n) is 12.9. The summed E-state index contributed by atoms with van der Waals surface area (Å²) in [5.74, 6) is 0.336. The van der Waals surface area contributed by atoms with E-state index in [1.807, 2.05) is 0 Å². The molecule has 1 heterocycles. The van der Waals surface area contributed by atoms with Crippen molar-refractivity contribution in [3.05, 3.63) is 39.9 Å². The molecule has 0 amide bonds. The van der Waals surface area contributed by atoms with Gasteiger partial charge >= 0.3 is 5.97 Å². The Labute approximate surface area is 138 Å². The first-order chi connectivity index (χ1) is 11.0. The van der Waals surface area contributed by atoms with Crippen molar-refractivity contribution >= 4 is 29.2 Å². The molecule has 1 saturated heterocycles. The number of non-ortho nitro benzene ring substituents is 1. The number of hydrogen-bond donors (Lipinski definition) is 0. The second-order valence-electron chi connectivity index (χ2n) is 5.34. The number of nitrogens with zero attached hydrogens (tertiary/aromatic N) is 1. The number of rotatable bonds is 6. The van der Waals surface area contributed by atoms with Gasteiger partial charge in [0, 0.05) is 28.9 Å². The number of thioether (sulfide) groups is 1. The van der Waals surface area contributed by atoms with Crippen LogP contribution in [-0.4, -0.2) is 34.3 Å². The minimum absolute atomic E-state index is 0.0392. The van der Waals surface area contributed by atoms with Crippen LogP contribution >= 0.6 is 11.8 Å². The average Bonchev–Trinajstić information content (AvgIpc) is 2.55. The van der Waals surface area contributed by atoms with Crippen LogP contribution < -0.4 is 0 Å². The van der Waals surface area contributed by atoms with Crippen LogP contribution in [0.5, 0.6) is 0 Å². The first-order valence-electron chi connectivity index (χ1n) is 7.58. The predicted octanol–water partition coefficient (Wildman–Crippen LogP) is 3.24. The Morgan fingerprint density at radius 1 is 1.35 bits per heavy atom. The molecule has 1 fully saturated rings. The van der Waals surface area contributed by atoms with Gasteiger partial charge < -0.3 is 4.74 Å². The SMILES string of the molecule is CCOC(=O)C[C@H]1SCCC[C@@H]1C(=O)c1ccc([N+](=O)[O-])cc1. The summed E-state index contributed by atoms with van der Waals surface area (Å²) in [6, 6.07) is 5.65. The number of ether oxygens (including phenoxy) is 1. The fraction of sp³-hybridized carbons (Fsp3) is 0.500. The van der Waals surface area contributed by atoms with E-state index < -0.39 is 4.92 Å². The number of nitro benzene ring substituents is 1. The van der Waals surface area contributed by atoms with E-state index in [2.05, 4.69) is 0 Å². The summed E-state index contributed by atoms with van der Waals surface area (Å²) in [4.78, 5) is 34.6. The molecule has 2 atom stereocenters. The lowest BCUT2D eigenvalue weighted by atomic mass is 9.88. The first-order valence-corrected chi connectivity index (χ1v) is 8.63. The minimum atomic E-state index is -0.492. The molecule has 0 radical (unpaired) electrons. The van der Waals surface area contributed by atoms with Crippen molar-refractivity contribution in [2.75, 3.05) is 12.4 Å². The summed E-state index contributed by atoms with van der Waals surface area (Å²) in [5.41, 5.74) is 0.416. The topological polar surface area (TPSA) is 86.5 Å². The molecule has 0 saturated carbocycles. The van der Waals surface area contributed by atoms with Crippen LogP contribution in [0.4, 0.5) is 5.69 Å². The maximum atomic E-state index is 12.7. The number of nitro groups is 1. The first kappa shape index (κ1) is 17.5. The fourth-order valence-electron chi connectivity index (χ4n) is 2.69. The van der Waals surface area contributed by atoms with Crippen molar-refractivity contribution in [2.45, 2.75) is 31.4 Å². The second-order valence-corrected chi connectivity index (χ2v) is 6.68. The van der Waals surface area contributed by atoms with Gasteiger partial charge in [0.1, 0.15) is 0 Å². The van der Waals surface area contributed by atoms with Crippen LogP contribution in [0.1, 0.15) is 36.5 Å². The van der Waals surface area contributed by atoms with Crippen LogP contribution in [0.25, 0.3) is 0 Å². The largest absolute Gasteiger partial charge is 0.466 e. The molecule has 0 spiro atoms. The van der Waals surface area contributed by atoms with Gasteiger partial charge in [-0.1, -0.05) is 0 Å². The van der Waals surface area contributed by atoms with Crippen LogP contribution in [0, 0.1) is 16.0 Å². The highest BCUT2D eigenvalue weighted by atomic mass is 32.2. The number of Topliss-reactive ketones (excluding diaryl/α,β-unsaturated/α-hetero) is 1. The van der Waals surface area contributed by atoms with E-state index in [0.29, 0.717) is 12.2 Å². The van der Waals surface area contributed by atoms with E-state index in [1.165, 1.54) is 24.3 Å².